The fourth-order valence-corrected chi connectivity index (χ4v) is 5.19. The minimum Gasteiger partial charge on any atom is -0.344 e. The molecule has 0 bridgehead atoms. The van der Waals surface area contributed by atoms with Gasteiger partial charge >= 0.3 is 0 Å². The molecule has 9 nitrogen and oxygen atoms in total. The third kappa shape index (κ3) is 5.32. The highest BCUT2D eigenvalue weighted by Gasteiger charge is 2.35. The number of hydrogen-bond acceptors (Lipinski definition) is 7. The van der Waals surface area contributed by atoms with Gasteiger partial charge in [-0.3, -0.25) is 14.4 Å². The Labute approximate surface area is 182 Å². The number of thiazole rings is 1. The van der Waals surface area contributed by atoms with Crippen LogP contribution in [0, 0.1) is 11.7 Å². The molecule has 12 heteroatoms. The first kappa shape index (κ1) is 23.0. The number of Topliss-reactive ketones (excluding diaryl/α,β-unsaturated/α-hetero) is 1. The molecule has 2 amide bonds. The Hall–Kier alpha value is -2.70. The van der Waals surface area contributed by atoms with Crippen molar-refractivity contribution in [2.24, 2.45) is 5.92 Å². The maximum atomic E-state index is 13.1. The summed E-state index contributed by atoms with van der Waals surface area (Å²) in [6.45, 7) is 3.38. The van der Waals surface area contributed by atoms with E-state index in [0.717, 1.165) is 29.1 Å². The summed E-state index contributed by atoms with van der Waals surface area (Å²) < 4.78 is 40.7. The van der Waals surface area contributed by atoms with Gasteiger partial charge in [-0.15, -0.1) is 11.3 Å². The fourth-order valence-electron chi connectivity index (χ4n) is 3.01. The van der Waals surface area contributed by atoms with Crippen molar-refractivity contribution in [2.45, 2.75) is 43.8 Å². The number of nitrogens with zero attached hydrogens (tertiary/aromatic N) is 1. The number of carbonyl (C=O) groups is 3. The minimum absolute atomic E-state index is 0.0769. The van der Waals surface area contributed by atoms with Crippen LogP contribution in [0.1, 0.15) is 24.4 Å². The van der Waals surface area contributed by atoms with Gasteiger partial charge in [0, 0.05) is 11.3 Å². The summed E-state index contributed by atoms with van der Waals surface area (Å²) in [6.07, 6.45) is 0.0769. The van der Waals surface area contributed by atoms with E-state index in [1.54, 1.807) is 19.4 Å². The zero-order valence-corrected chi connectivity index (χ0v) is 18.3. The highest BCUT2D eigenvalue weighted by atomic mass is 32.2. The smallest absolute Gasteiger partial charge is 0.289 e. The van der Waals surface area contributed by atoms with E-state index in [-0.39, 0.29) is 17.9 Å². The Morgan fingerprint density at radius 2 is 1.94 bits per heavy atom. The standard InChI is InChI=1S/C19H21FN4O5S2/c1-10(2)16(24-31(28,29)12-5-3-11(20)4-6-12)18(26)23-13-7-15-14(22-9-30-15)8-21-19(27)17(13)25/h3-6,9-10,13,16,24H,7-8H2,1-2H3,(H,21,27)(H,23,26). The van der Waals surface area contributed by atoms with Crippen LogP contribution < -0.4 is 15.4 Å². The van der Waals surface area contributed by atoms with Crippen LogP contribution in [0.3, 0.4) is 0 Å². The predicted molar refractivity (Wildman–Crippen MR) is 110 cm³/mol. The van der Waals surface area contributed by atoms with Gasteiger partial charge in [0.1, 0.15) is 17.9 Å². The molecule has 1 aromatic carbocycles. The van der Waals surface area contributed by atoms with Crippen LogP contribution in [0.25, 0.3) is 0 Å². The number of rotatable bonds is 6. The lowest BCUT2D eigenvalue weighted by Crippen LogP contribution is -2.56. The number of amides is 2. The van der Waals surface area contributed by atoms with E-state index in [4.69, 9.17) is 0 Å². The van der Waals surface area contributed by atoms with Crippen molar-refractivity contribution in [3.63, 3.8) is 0 Å². The van der Waals surface area contributed by atoms with E-state index in [9.17, 15) is 27.2 Å². The molecule has 0 saturated carbocycles. The van der Waals surface area contributed by atoms with Crippen molar-refractivity contribution in [3.8, 4) is 0 Å². The van der Waals surface area contributed by atoms with Crippen molar-refractivity contribution >= 4 is 39.0 Å². The van der Waals surface area contributed by atoms with Gasteiger partial charge in [0.2, 0.25) is 21.7 Å². The Balaban J connectivity index is 1.80. The van der Waals surface area contributed by atoms with E-state index in [1.807, 2.05) is 0 Å². The van der Waals surface area contributed by atoms with E-state index in [0.29, 0.717) is 5.69 Å². The number of hydrogen-bond donors (Lipinski definition) is 3. The van der Waals surface area contributed by atoms with Crippen LogP contribution in [-0.2, 0) is 37.4 Å². The average molecular weight is 469 g/mol. The summed E-state index contributed by atoms with van der Waals surface area (Å²) in [5, 5.41) is 4.96. The number of sulfonamides is 1. The lowest BCUT2D eigenvalue weighted by molar-refractivity contribution is -0.140. The second-order valence-corrected chi connectivity index (χ2v) is 9.98. The summed E-state index contributed by atoms with van der Waals surface area (Å²) in [5.41, 5.74) is 2.20. The molecule has 166 valence electrons. The van der Waals surface area contributed by atoms with Gasteiger partial charge in [0.15, 0.2) is 0 Å². The lowest BCUT2D eigenvalue weighted by Gasteiger charge is -2.25. The fraction of sp³-hybridized carbons (Fsp3) is 0.368. The maximum absolute atomic E-state index is 13.1. The third-order valence-electron chi connectivity index (χ3n) is 4.74. The molecule has 1 aromatic heterocycles. The Morgan fingerprint density at radius 1 is 1.26 bits per heavy atom. The number of carbonyl (C=O) groups excluding carboxylic acids is 3. The molecule has 2 unspecified atom stereocenters. The summed E-state index contributed by atoms with van der Waals surface area (Å²) in [5.74, 6) is -3.50. The number of fused-ring (bicyclic) bond motifs is 1. The Morgan fingerprint density at radius 3 is 2.58 bits per heavy atom. The van der Waals surface area contributed by atoms with Gasteiger partial charge in [-0.25, -0.2) is 17.8 Å². The highest BCUT2D eigenvalue weighted by molar-refractivity contribution is 7.89. The van der Waals surface area contributed by atoms with Gasteiger partial charge in [-0.2, -0.15) is 4.72 Å². The van der Waals surface area contributed by atoms with Crippen molar-refractivity contribution < 1.29 is 27.2 Å². The molecular weight excluding hydrogens is 447 g/mol. The summed E-state index contributed by atoms with van der Waals surface area (Å²) >= 11 is 1.30. The SMILES string of the molecule is CC(C)C(NS(=O)(=O)c1ccc(F)cc1)C(=O)NC1Cc2scnc2CNC(=O)C1=O. The van der Waals surface area contributed by atoms with Gasteiger partial charge in [0.25, 0.3) is 5.91 Å². The molecule has 0 spiro atoms. The summed E-state index contributed by atoms with van der Waals surface area (Å²) in [7, 11) is -4.13. The van der Waals surface area contributed by atoms with Crippen molar-refractivity contribution in [1.82, 2.24) is 20.3 Å². The number of halogens is 1. The summed E-state index contributed by atoms with van der Waals surface area (Å²) in [6, 6.07) is 1.78. The maximum Gasteiger partial charge on any atom is 0.289 e. The topological polar surface area (TPSA) is 134 Å². The van der Waals surface area contributed by atoms with Gasteiger partial charge < -0.3 is 10.6 Å². The van der Waals surface area contributed by atoms with E-state index in [2.05, 4.69) is 20.3 Å². The molecule has 31 heavy (non-hydrogen) atoms. The van der Waals surface area contributed by atoms with Crippen LogP contribution >= 0.6 is 11.3 Å². The normalized spacial score (nSPS) is 18.0. The zero-order valence-electron chi connectivity index (χ0n) is 16.7. The molecule has 2 atom stereocenters. The second-order valence-electron chi connectivity index (χ2n) is 7.33. The van der Waals surface area contributed by atoms with Crippen LogP contribution in [0.15, 0.2) is 34.7 Å². The molecule has 0 aliphatic carbocycles. The molecule has 3 N–H and O–H groups in total. The summed E-state index contributed by atoms with van der Waals surface area (Å²) in [4.78, 5) is 42.1. The first-order chi connectivity index (χ1) is 14.6. The molecule has 3 rings (SSSR count). The number of aromatic nitrogens is 1. The lowest BCUT2D eigenvalue weighted by atomic mass is 10.0. The molecule has 1 aliphatic heterocycles. The molecule has 2 heterocycles. The van der Waals surface area contributed by atoms with Gasteiger partial charge in [0.05, 0.1) is 22.6 Å². The van der Waals surface area contributed by atoms with Crippen LogP contribution in [-0.4, -0.2) is 43.1 Å². The number of nitrogens with one attached hydrogen (secondary N) is 3. The predicted octanol–water partition coefficient (Wildman–Crippen LogP) is 0.511. The van der Waals surface area contributed by atoms with E-state index in [1.165, 1.54) is 11.3 Å². The van der Waals surface area contributed by atoms with Crippen molar-refractivity contribution in [3.05, 3.63) is 46.2 Å². The molecule has 1 aliphatic rings. The largest absolute Gasteiger partial charge is 0.344 e. The molecular formula is C19H21FN4O5S2. The molecule has 0 radical (unpaired) electrons. The molecule has 0 saturated heterocycles. The van der Waals surface area contributed by atoms with Crippen LogP contribution in [0.5, 0.6) is 0 Å². The Bertz CT molecular complexity index is 1100. The van der Waals surface area contributed by atoms with Crippen LogP contribution in [0.4, 0.5) is 4.39 Å². The number of benzene rings is 1. The average Bonchev–Trinajstić information content (AvgIpc) is 3.15. The quantitative estimate of drug-likeness (QED) is 0.529. The molecule has 2 aromatic rings. The van der Waals surface area contributed by atoms with Gasteiger partial charge in [-0.1, -0.05) is 13.8 Å². The zero-order chi connectivity index (χ0) is 22.8. The molecule has 0 fully saturated rings. The number of ketones is 1. The van der Waals surface area contributed by atoms with Crippen LogP contribution in [0.2, 0.25) is 0 Å². The van der Waals surface area contributed by atoms with Gasteiger partial charge in [-0.05, 0) is 30.2 Å². The van der Waals surface area contributed by atoms with Crippen molar-refractivity contribution in [2.75, 3.05) is 0 Å². The van der Waals surface area contributed by atoms with E-state index < -0.39 is 51.4 Å². The Kier molecular flexibility index (Phi) is 6.82. The first-order valence-electron chi connectivity index (χ1n) is 9.40. The highest BCUT2D eigenvalue weighted by Crippen LogP contribution is 2.19. The monoisotopic (exact) mass is 468 g/mol. The minimum atomic E-state index is -4.13. The first-order valence-corrected chi connectivity index (χ1v) is 11.8. The van der Waals surface area contributed by atoms with Crippen molar-refractivity contribution in [1.29, 1.82) is 0 Å². The van der Waals surface area contributed by atoms with E-state index >= 15 is 0 Å². The third-order valence-corrected chi connectivity index (χ3v) is 7.10. The second kappa shape index (κ2) is 9.20.